The molecular weight excluding hydrogens is 292 g/mol. The van der Waals surface area contributed by atoms with Gasteiger partial charge in [-0.2, -0.15) is 0 Å². The van der Waals surface area contributed by atoms with E-state index in [1.54, 1.807) is 25.1 Å². The predicted molar refractivity (Wildman–Crippen MR) is 82.0 cm³/mol. The van der Waals surface area contributed by atoms with Crippen molar-refractivity contribution in [1.82, 2.24) is 0 Å². The second-order valence-electron chi connectivity index (χ2n) is 4.47. The van der Waals surface area contributed by atoms with Gasteiger partial charge in [0, 0.05) is 10.6 Å². The predicted octanol–water partition coefficient (Wildman–Crippen LogP) is 3.18. The van der Waals surface area contributed by atoms with Crippen LogP contribution in [0, 0.1) is 6.92 Å². The minimum atomic E-state index is -1.08. The number of carboxylic acids is 1. The third kappa shape index (κ3) is 3.14. The van der Waals surface area contributed by atoms with Crippen molar-refractivity contribution in [3.63, 3.8) is 0 Å². The number of carbonyl (C=O) groups is 2. The summed E-state index contributed by atoms with van der Waals surface area (Å²) in [6, 6.07) is 9.15. The number of carboxylic acid groups (broad SMARTS) is 1. The van der Waals surface area contributed by atoms with Gasteiger partial charge in [-0.1, -0.05) is 17.7 Å². The Morgan fingerprint density at radius 1 is 1.24 bits per heavy atom. The summed E-state index contributed by atoms with van der Waals surface area (Å²) in [5.41, 5.74) is 7.44. The van der Waals surface area contributed by atoms with Crippen LogP contribution in [0.4, 0.5) is 11.4 Å². The first-order valence-corrected chi connectivity index (χ1v) is 6.47. The fourth-order valence-corrected chi connectivity index (χ4v) is 2.03. The monoisotopic (exact) mass is 304 g/mol. The molecule has 5 nitrogen and oxygen atoms in total. The van der Waals surface area contributed by atoms with Crippen LogP contribution in [0.2, 0.25) is 5.02 Å². The lowest BCUT2D eigenvalue weighted by molar-refractivity contribution is 0.0697. The molecule has 0 atom stereocenters. The molecule has 0 spiro atoms. The fourth-order valence-electron chi connectivity index (χ4n) is 1.85. The number of carbonyl (C=O) groups excluding carboxylic acids is 1. The summed E-state index contributed by atoms with van der Waals surface area (Å²) >= 11 is 5.98. The largest absolute Gasteiger partial charge is 0.478 e. The molecule has 2 aromatic rings. The highest BCUT2D eigenvalue weighted by Crippen LogP contribution is 2.23. The zero-order chi connectivity index (χ0) is 15.6. The summed E-state index contributed by atoms with van der Waals surface area (Å²) in [4.78, 5) is 23.0. The van der Waals surface area contributed by atoms with Gasteiger partial charge in [-0.15, -0.1) is 0 Å². The van der Waals surface area contributed by atoms with E-state index >= 15 is 0 Å². The van der Waals surface area contributed by atoms with Gasteiger partial charge in [0.15, 0.2) is 0 Å². The van der Waals surface area contributed by atoms with Crippen LogP contribution in [0.25, 0.3) is 0 Å². The molecule has 2 rings (SSSR count). The van der Waals surface area contributed by atoms with Crippen LogP contribution in [-0.4, -0.2) is 17.0 Å². The van der Waals surface area contributed by atoms with E-state index in [2.05, 4.69) is 5.32 Å². The number of hydrogen-bond acceptors (Lipinski definition) is 3. The van der Waals surface area contributed by atoms with Gasteiger partial charge < -0.3 is 16.2 Å². The van der Waals surface area contributed by atoms with Gasteiger partial charge in [-0.05, 0) is 42.8 Å². The average molecular weight is 305 g/mol. The number of nitrogens with one attached hydrogen (secondary N) is 1. The third-order valence-corrected chi connectivity index (χ3v) is 3.47. The number of nitrogens with two attached hydrogens (primary N) is 1. The topological polar surface area (TPSA) is 92.4 Å². The fraction of sp³-hybridized carbons (Fsp3) is 0.0667. The van der Waals surface area contributed by atoms with Crippen molar-refractivity contribution in [2.75, 3.05) is 11.1 Å². The molecule has 0 aliphatic carbocycles. The second-order valence-corrected chi connectivity index (χ2v) is 4.88. The van der Waals surface area contributed by atoms with Crippen molar-refractivity contribution in [3.8, 4) is 0 Å². The zero-order valence-corrected chi connectivity index (χ0v) is 11.9. The Kier molecular flexibility index (Phi) is 4.14. The van der Waals surface area contributed by atoms with Crippen molar-refractivity contribution < 1.29 is 14.7 Å². The van der Waals surface area contributed by atoms with Crippen molar-refractivity contribution in [3.05, 3.63) is 58.1 Å². The summed E-state index contributed by atoms with van der Waals surface area (Å²) < 4.78 is 0. The number of halogens is 1. The van der Waals surface area contributed by atoms with Crippen LogP contribution >= 0.6 is 11.6 Å². The molecule has 0 heterocycles. The van der Waals surface area contributed by atoms with Crippen molar-refractivity contribution >= 4 is 34.9 Å². The lowest BCUT2D eigenvalue weighted by Crippen LogP contribution is -2.15. The molecule has 21 heavy (non-hydrogen) atoms. The van der Waals surface area contributed by atoms with Gasteiger partial charge in [-0.3, -0.25) is 4.79 Å². The smallest absolute Gasteiger partial charge is 0.335 e. The molecular formula is C15H13ClN2O3. The highest BCUT2D eigenvalue weighted by molar-refractivity contribution is 6.32. The quantitative estimate of drug-likeness (QED) is 0.759. The summed E-state index contributed by atoms with van der Waals surface area (Å²) in [5.74, 6) is -1.44. The molecule has 0 aromatic heterocycles. The van der Waals surface area contributed by atoms with E-state index in [1.807, 2.05) is 0 Å². The van der Waals surface area contributed by atoms with Crippen LogP contribution in [0.1, 0.15) is 26.3 Å². The standard InChI is InChI=1S/C15H13ClN2O3/c1-8-10(3-2-4-11(8)16)14(19)18-13-6-5-9(15(20)21)7-12(13)17/h2-7H,17H2,1H3,(H,18,19)(H,20,21). The molecule has 4 N–H and O–H groups in total. The lowest BCUT2D eigenvalue weighted by atomic mass is 10.1. The number of amides is 1. The van der Waals surface area contributed by atoms with Gasteiger partial charge in [0.2, 0.25) is 0 Å². The van der Waals surface area contributed by atoms with Crippen molar-refractivity contribution in [2.45, 2.75) is 6.92 Å². The van der Waals surface area contributed by atoms with Crippen LogP contribution in [0.15, 0.2) is 36.4 Å². The Morgan fingerprint density at radius 3 is 2.57 bits per heavy atom. The SMILES string of the molecule is Cc1c(Cl)cccc1C(=O)Nc1ccc(C(=O)O)cc1N. The van der Waals surface area contributed by atoms with Gasteiger partial charge in [0.25, 0.3) is 5.91 Å². The van der Waals surface area contributed by atoms with Gasteiger partial charge in [0.05, 0.1) is 16.9 Å². The first kappa shape index (κ1) is 14.9. The van der Waals surface area contributed by atoms with E-state index in [4.69, 9.17) is 22.4 Å². The Bertz CT molecular complexity index is 729. The van der Waals surface area contributed by atoms with E-state index in [1.165, 1.54) is 18.2 Å². The van der Waals surface area contributed by atoms with Crippen LogP contribution in [0.5, 0.6) is 0 Å². The summed E-state index contributed by atoms with van der Waals surface area (Å²) in [6.07, 6.45) is 0. The summed E-state index contributed by atoms with van der Waals surface area (Å²) in [7, 11) is 0. The number of rotatable bonds is 3. The Balaban J connectivity index is 2.28. The van der Waals surface area contributed by atoms with E-state index in [9.17, 15) is 9.59 Å². The number of anilines is 2. The Hall–Kier alpha value is -2.53. The molecule has 0 saturated carbocycles. The van der Waals surface area contributed by atoms with Crippen molar-refractivity contribution in [1.29, 1.82) is 0 Å². The van der Waals surface area contributed by atoms with E-state index in [0.29, 0.717) is 21.8 Å². The maximum absolute atomic E-state index is 12.2. The highest BCUT2D eigenvalue weighted by Gasteiger charge is 2.13. The molecule has 2 aromatic carbocycles. The minimum Gasteiger partial charge on any atom is -0.478 e. The lowest BCUT2D eigenvalue weighted by Gasteiger charge is -2.11. The maximum atomic E-state index is 12.2. The van der Waals surface area contributed by atoms with Gasteiger partial charge in [0.1, 0.15) is 0 Å². The second kappa shape index (κ2) is 5.85. The molecule has 0 unspecified atom stereocenters. The molecule has 0 fully saturated rings. The molecule has 0 radical (unpaired) electrons. The molecule has 0 saturated heterocycles. The maximum Gasteiger partial charge on any atom is 0.335 e. The van der Waals surface area contributed by atoms with Crippen LogP contribution in [-0.2, 0) is 0 Å². The molecule has 6 heteroatoms. The number of nitrogen functional groups attached to an aromatic ring is 1. The molecule has 1 amide bonds. The Labute approximate surface area is 126 Å². The normalized spacial score (nSPS) is 10.2. The van der Waals surface area contributed by atoms with E-state index in [0.717, 1.165) is 0 Å². The van der Waals surface area contributed by atoms with Gasteiger partial charge >= 0.3 is 5.97 Å². The number of benzene rings is 2. The first-order chi connectivity index (χ1) is 9.90. The minimum absolute atomic E-state index is 0.0597. The molecule has 0 bridgehead atoms. The van der Waals surface area contributed by atoms with Crippen LogP contribution < -0.4 is 11.1 Å². The van der Waals surface area contributed by atoms with Crippen molar-refractivity contribution in [2.24, 2.45) is 0 Å². The molecule has 0 aliphatic heterocycles. The molecule has 108 valence electrons. The zero-order valence-electron chi connectivity index (χ0n) is 11.2. The van der Waals surface area contributed by atoms with Crippen LogP contribution in [0.3, 0.4) is 0 Å². The van der Waals surface area contributed by atoms with E-state index < -0.39 is 5.97 Å². The summed E-state index contributed by atoms with van der Waals surface area (Å²) in [6.45, 7) is 1.74. The van der Waals surface area contributed by atoms with E-state index in [-0.39, 0.29) is 17.2 Å². The number of aromatic carboxylic acids is 1. The summed E-state index contributed by atoms with van der Waals surface area (Å²) in [5, 5.41) is 12.0. The Morgan fingerprint density at radius 2 is 1.95 bits per heavy atom. The van der Waals surface area contributed by atoms with Gasteiger partial charge in [-0.25, -0.2) is 4.79 Å². The highest BCUT2D eigenvalue weighted by atomic mass is 35.5. The third-order valence-electron chi connectivity index (χ3n) is 3.06. The first-order valence-electron chi connectivity index (χ1n) is 6.09. The number of hydrogen-bond donors (Lipinski definition) is 3. The average Bonchev–Trinajstić information content (AvgIpc) is 2.43. The molecule has 0 aliphatic rings.